The number of rotatable bonds is 2. The Bertz CT molecular complexity index is 879. The Morgan fingerprint density at radius 3 is 2.45 bits per heavy atom. The molecule has 2 heterocycles. The number of nitrogens with zero attached hydrogens (tertiary/aromatic N) is 1. The number of amides is 1. The Labute approximate surface area is 178 Å². The van der Waals surface area contributed by atoms with E-state index in [9.17, 15) is 9.59 Å². The Morgan fingerprint density at radius 2 is 1.79 bits per heavy atom. The minimum absolute atomic E-state index is 0.0753. The molecule has 1 saturated heterocycles. The first-order valence-electron chi connectivity index (χ1n) is 10.5. The highest BCUT2D eigenvalue weighted by molar-refractivity contribution is 6.30. The highest BCUT2D eigenvalue weighted by Crippen LogP contribution is 2.48. The fraction of sp³-hybridized carbons (Fsp3) is 0.500. The van der Waals surface area contributed by atoms with E-state index in [1.807, 2.05) is 29.2 Å². The molecule has 0 aromatic heterocycles. The summed E-state index contributed by atoms with van der Waals surface area (Å²) in [4.78, 5) is 28.8. The highest BCUT2D eigenvalue weighted by atomic mass is 35.5. The van der Waals surface area contributed by atoms with Crippen molar-refractivity contribution in [2.24, 2.45) is 11.3 Å². The Balaban J connectivity index is 1.81. The third kappa shape index (κ3) is 3.87. The van der Waals surface area contributed by atoms with E-state index in [0.29, 0.717) is 17.1 Å². The molecule has 1 N–H and O–H groups in total. The van der Waals surface area contributed by atoms with Crippen LogP contribution in [0.2, 0.25) is 5.02 Å². The van der Waals surface area contributed by atoms with Crippen LogP contribution >= 0.6 is 11.6 Å². The molecule has 29 heavy (non-hydrogen) atoms. The summed E-state index contributed by atoms with van der Waals surface area (Å²) >= 11 is 6.12. The summed E-state index contributed by atoms with van der Waals surface area (Å²) in [5.41, 5.74) is 3.24. The molecule has 2 atom stereocenters. The maximum atomic E-state index is 13.6. The van der Waals surface area contributed by atoms with E-state index in [1.54, 1.807) is 0 Å². The third-order valence-corrected chi connectivity index (χ3v) is 6.67. The van der Waals surface area contributed by atoms with Crippen molar-refractivity contribution >= 4 is 23.3 Å². The van der Waals surface area contributed by atoms with Crippen LogP contribution in [-0.4, -0.2) is 29.7 Å². The molecular formula is C24H29ClN2O2. The van der Waals surface area contributed by atoms with Crippen LogP contribution in [-0.2, 0) is 9.59 Å². The van der Waals surface area contributed by atoms with Gasteiger partial charge in [-0.05, 0) is 48.8 Å². The quantitative estimate of drug-likeness (QED) is 0.758. The summed E-state index contributed by atoms with van der Waals surface area (Å²) < 4.78 is 0. The fourth-order valence-corrected chi connectivity index (χ4v) is 5.20. The molecule has 4 rings (SSSR count). The SMILES string of the molecule is C=C1NC2=C(C(=O)CC(C)(C)C2)C(c2ccc(Cl)cc2)C1C(=O)N1CCCCC1. The van der Waals surface area contributed by atoms with Gasteiger partial charge in [-0.2, -0.15) is 0 Å². The number of carbonyl (C=O) groups is 2. The molecule has 2 unspecified atom stereocenters. The lowest BCUT2D eigenvalue weighted by Crippen LogP contribution is -2.48. The van der Waals surface area contributed by atoms with Crippen LogP contribution in [0.1, 0.15) is 57.4 Å². The number of piperidine rings is 1. The number of hydrogen-bond donors (Lipinski definition) is 1. The van der Waals surface area contributed by atoms with Crippen molar-refractivity contribution in [1.82, 2.24) is 10.2 Å². The molecule has 1 fully saturated rings. The number of allylic oxidation sites excluding steroid dienone is 2. The number of benzene rings is 1. The van der Waals surface area contributed by atoms with E-state index >= 15 is 0 Å². The molecule has 1 aromatic rings. The first-order valence-corrected chi connectivity index (χ1v) is 10.9. The monoisotopic (exact) mass is 412 g/mol. The van der Waals surface area contributed by atoms with Gasteiger partial charge in [0.05, 0.1) is 5.92 Å². The van der Waals surface area contributed by atoms with Gasteiger partial charge in [0.1, 0.15) is 0 Å². The number of likely N-dealkylation sites (tertiary alicyclic amines) is 1. The van der Waals surface area contributed by atoms with Gasteiger partial charge in [-0.3, -0.25) is 9.59 Å². The van der Waals surface area contributed by atoms with Gasteiger partial charge in [-0.1, -0.05) is 44.2 Å². The van der Waals surface area contributed by atoms with Gasteiger partial charge in [0.2, 0.25) is 5.91 Å². The lowest BCUT2D eigenvalue weighted by Gasteiger charge is -2.44. The first kappa shape index (κ1) is 20.2. The minimum Gasteiger partial charge on any atom is -0.362 e. The molecule has 2 aliphatic heterocycles. The van der Waals surface area contributed by atoms with Gasteiger partial charge < -0.3 is 10.2 Å². The molecular weight excluding hydrogens is 384 g/mol. The molecule has 0 radical (unpaired) electrons. The van der Waals surface area contributed by atoms with Crippen LogP contribution in [0.25, 0.3) is 0 Å². The van der Waals surface area contributed by atoms with E-state index in [1.165, 1.54) is 0 Å². The van der Waals surface area contributed by atoms with E-state index in [2.05, 4.69) is 25.7 Å². The molecule has 0 spiro atoms. The number of ketones is 1. The zero-order valence-corrected chi connectivity index (χ0v) is 18.0. The summed E-state index contributed by atoms with van der Waals surface area (Å²) in [6.07, 6.45) is 4.50. The zero-order chi connectivity index (χ0) is 20.8. The molecule has 4 nitrogen and oxygen atoms in total. The van der Waals surface area contributed by atoms with Crippen molar-refractivity contribution in [1.29, 1.82) is 0 Å². The molecule has 1 amide bonds. The van der Waals surface area contributed by atoms with Crippen LogP contribution < -0.4 is 5.32 Å². The van der Waals surface area contributed by atoms with E-state index in [4.69, 9.17) is 11.6 Å². The number of nitrogens with one attached hydrogen (secondary N) is 1. The van der Waals surface area contributed by atoms with Crippen molar-refractivity contribution in [3.8, 4) is 0 Å². The maximum absolute atomic E-state index is 13.6. The summed E-state index contributed by atoms with van der Waals surface area (Å²) in [6.45, 7) is 10.0. The van der Waals surface area contributed by atoms with Crippen LogP contribution in [0.3, 0.4) is 0 Å². The van der Waals surface area contributed by atoms with Crippen molar-refractivity contribution in [3.63, 3.8) is 0 Å². The van der Waals surface area contributed by atoms with Gasteiger partial charge in [-0.25, -0.2) is 0 Å². The maximum Gasteiger partial charge on any atom is 0.232 e. The summed E-state index contributed by atoms with van der Waals surface area (Å²) in [5.74, 6) is -0.578. The standard InChI is InChI=1S/C24H29ClN2O2/c1-15-20(23(29)27-11-5-4-6-12-27)21(16-7-9-17(25)10-8-16)22-18(26-15)13-24(2,3)14-19(22)28/h7-10,20-21,26H,1,4-6,11-14H2,2-3H3. The lowest BCUT2D eigenvalue weighted by atomic mass is 9.66. The second kappa shape index (κ2) is 7.64. The summed E-state index contributed by atoms with van der Waals surface area (Å²) in [6, 6.07) is 7.56. The molecule has 1 aromatic carbocycles. The molecule has 154 valence electrons. The molecule has 0 bridgehead atoms. The number of carbonyl (C=O) groups excluding carboxylic acids is 2. The average Bonchev–Trinajstić information content (AvgIpc) is 2.67. The molecule has 3 aliphatic rings. The van der Waals surface area contributed by atoms with Gasteiger partial charge in [0, 0.05) is 47.4 Å². The zero-order valence-electron chi connectivity index (χ0n) is 17.3. The lowest BCUT2D eigenvalue weighted by molar-refractivity contribution is -0.136. The smallest absolute Gasteiger partial charge is 0.232 e. The Hall–Kier alpha value is -2.07. The second-order valence-electron chi connectivity index (χ2n) is 9.38. The van der Waals surface area contributed by atoms with E-state index < -0.39 is 5.92 Å². The molecule has 5 heteroatoms. The predicted octanol–water partition coefficient (Wildman–Crippen LogP) is 4.81. The van der Waals surface area contributed by atoms with Gasteiger partial charge in [-0.15, -0.1) is 0 Å². The predicted molar refractivity (Wildman–Crippen MR) is 115 cm³/mol. The average molecular weight is 413 g/mol. The molecule has 0 saturated carbocycles. The van der Waals surface area contributed by atoms with Crippen LogP contribution in [0, 0.1) is 11.3 Å². The Kier molecular flexibility index (Phi) is 5.32. The van der Waals surface area contributed by atoms with Crippen molar-refractivity contribution in [2.45, 2.75) is 51.9 Å². The number of halogens is 1. The first-order chi connectivity index (χ1) is 13.8. The van der Waals surface area contributed by atoms with Gasteiger partial charge in [0.25, 0.3) is 0 Å². The fourth-order valence-electron chi connectivity index (χ4n) is 5.08. The van der Waals surface area contributed by atoms with Crippen LogP contribution in [0.15, 0.2) is 47.8 Å². The summed E-state index contributed by atoms with van der Waals surface area (Å²) in [5, 5.41) is 4.02. The second-order valence-corrected chi connectivity index (χ2v) is 9.81. The van der Waals surface area contributed by atoms with Crippen LogP contribution in [0.5, 0.6) is 0 Å². The van der Waals surface area contributed by atoms with Gasteiger partial charge in [0.15, 0.2) is 5.78 Å². The molecule has 1 aliphatic carbocycles. The van der Waals surface area contributed by atoms with Crippen LogP contribution in [0.4, 0.5) is 0 Å². The normalized spacial score (nSPS) is 26.8. The van der Waals surface area contributed by atoms with Crippen molar-refractivity contribution in [2.75, 3.05) is 13.1 Å². The number of hydrogen-bond acceptors (Lipinski definition) is 3. The number of Topliss-reactive ketones (excluding diaryl/α,β-unsaturated/α-hetero) is 1. The van der Waals surface area contributed by atoms with Crippen molar-refractivity contribution in [3.05, 3.63) is 58.4 Å². The van der Waals surface area contributed by atoms with Crippen molar-refractivity contribution < 1.29 is 9.59 Å². The summed E-state index contributed by atoms with van der Waals surface area (Å²) in [7, 11) is 0. The highest BCUT2D eigenvalue weighted by Gasteiger charge is 2.47. The largest absolute Gasteiger partial charge is 0.362 e. The van der Waals surface area contributed by atoms with E-state index in [-0.39, 0.29) is 23.0 Å². The minimum atomic E-state index is -0.474. The van der Waals surface area contributed by atoms with E-state index in [0.717, 1.165) is 55.6 Å². The Morgan fingerprint density at radius 1 is 1.14 bits per heavy atom. The van der Waals surface area contributed by atoms with Gasteiger partial charge >= 0.3 is 0 Å². The topological polar surface area (TPSA) is 49.4 Å². The third-order valence-electron chi connectivity index (χ3n) is 6.41.